The summed E-state index contributed by atoms with van der Waals surface area (Å²) in [6, 6.07) is 45.9. The first kappa shape index (κ1) is 28.6. The van der Waals surface area contributed by atoms with Gasteiger partial charge < -0.3 is 0 Å². The molecular weight excluding hydrogens is 597 g/mol. The predicted molar refractivity (Wildman–Crippen MR) is 204 cm³/mol. The van der Waals surface area contributed by atoms with E-state index >= 15 is 0 Å². The molecular formula is C45H29N4+. The lowest BCUT2D eigenvalue weighted by Gasteiger charge is -2.21. The van der Waals surface area contributed by atoms with E-state index in [2.05, 4.69) is 129 Å². The maximum absolute atomic E-state index is 9.21. The molecule has 0 bridgehead atoms. The highest BCUT2D eigenvalue weighted by molar-refractivity contribution is 6.28. The van der Waals surface area contributed by atoms with Crippen LogP contribution >= 0.6 is 0 Å². The summed E-state index contributed by atoms with van der Waals surface area (Å²) in [5.74, 6) is 0. The third-order valence-electron chi connectivity index (χ3n) is 9.75. The van der Waals surface area contributed by atoms with Gasteiger partial charge in [0.15, 0.2) is 0 Å². The van der Waals surface area contributed by atoms with Crippen molar-refractivity contribution in [3.05, 3.63) is 161 Å². The van der Waals surface area contributed by atoms with E-state index in [-0.39, 0.29) is 0 Å². The second-order valence-corrected chi connectivity index (χ2v) is 12.6. The molecule has 228 valence electrons. The number of benzene rings is 6. The fraction of sp³-hybridized carbons (Fsp3) is 0.0444. The topological polar surface area (TPSA) is 63.7 Å². The third-order valence-corrected chi connectivity index (χ3v) is 9.75. The van der Waals surface area contributed by atoms with Gasteiger partial charge >= 0.3 is 11.9 Å². The smallest absolute Gasteiger partial charge is 0.247 e. The molecule has 2 aromatic heterocycles. The number of aromatic nitrogens is 2. The number of hydrogen-bond acceptors (Lipinski definition) is 3. The highest BCUT2D eigenvalue weighted by Gasteiger charge is 2.24. The number of allylic oxidation sites excluding steroid dienone is 2. The first-order valence-electron chi connectivity index (χ1n) is 16.4. The fourth-order valence-electron chi connectivity index (χ4n) is 7.42. The van der Waals surface area contributed by atoms with Crippen molar-refractivity contribution in [3.63, 3.8) is 0 Å². The Kier molecular flexibility index (Phi) is 6.55. The standard InChI is InChI=1S/C45H29N4/c1-27-40-35-15-9-10-16-37(35)48-44(31-11-5-3-6-12-31)42(40)28(2)41-36-22-21-33(23-39(36)49-45(43(27)41)32-13-7-4-8-14-32)34-24-38(47-26-34)30-19-17-29(25-46)18-20-30/h3-24,26H,1-2H3/q+1. The summed E-state index contributed by atoms with van der Waals surface area (Å²) in [6.45, 7) is 4.50. The van der Waals surface area contributed by atoms with Gasteiger partial charge in [-0.1, -0.05) is 95.7 Å². The van der Waals surface area contributed by atoms with Crippen LogP contribution in [0, 0.1) is 25.2 Å². The Labute approximate surface area is 283 Å². The number of nitriles is 1. The van der Waals surface area contributed by atoms with E-state index in [1.54, 1.807) is 0 Å². The van der Waals surface area contributed by atoms with Gasteiger partial charge in [-0.3, -0.25) is 0 Å². The number of fused-ring (bicyclic) bond motifs is 6. The summed E-state index contributed by atoms with van der Waals surface area (Å²) in [5, 5.41) is 16.3. The second kappa shape index (κ2) is 11.2. The first-order chi connectivity index (χ1) is 24.1. The Balaban J connectivity index is 1.34. The Morgan fingerprint density at radius 2 is 1.08 bits per heavy atom. The van der Waals surface area contributed by atoms with Gasteiger partial charge in [-0.15, -0.1) is 0 Å². The Bertz CT molecular complexity index is 2800. The molecule has 8 aromatic rings. The average Bonchev–Trinajstić information content (AvgIpc) is 3.67. The molecule has 0 unspecified atom stereocenters. The molecule has 0 spiro atoms. The predicted octanol–water partition coefficient (Wildman–Crippen LogP) is 9.94. The van der Waals surface area contributed by atoms with Crippen LogP contribution in [0.25, 0.3) is 71.4 Å². The molecule has 0 atom stereocenters. The van der Waals surface area contributed by atoms with E-state index in [4.69, 9.17) is 14.6 Å². The molecule has 49 heavy (non-hydrogen) atoms. The molecule has 6 aromatic carbocycles. The van der Waals surface area contributed by atoms with Crippen molar-refractivity contribution in [3.8, 4) is 28.6 Å². The minimum Gasteiger partial charge on any atom is -0.247 e. The van der Waals surface area contributed by atoms with Crippen LogP contribution in [0.4, 0.5) is 0 Å². The Hall–Kier alpha value is -6.66. The zero-order valence-corrected chi connectivity index (χ0v) is 27.1. The van der Waals surface area contributed by atoms with E-state index in [1.807, 2.05) is 30.5 Å². The average molecular weight is 626 g/mol. The molecule has 4 nitrogen and oxygen atoms in total. The number of para-hydroxylation sites is 1. The van der Waals surface area contributed by atoms with Gasteiger partial charge in [-0.05, 0) is 77.7 Å². The Morgan fingerprint density at radius 1 is 0.531 bits per heavy atom. The number of pyridine rings is 2. The molecule has 0 fully saturated rings. The maximum atomic E-state index is 9.21. The number of hydrogen-bond donors (Lipinski definition) is 0. The van der Waals surface area contributed by atoms with Crippen molar-refractivity contribution >= 4 is 60.9 Å². The molecule has 3 heterocycles. The van der Waals surface area contributed by atoms with Crippen LogP contribution in [0.15, 0.2) is 133 Å². The van der Waals surface area contributed by atoms with Crippen LogP contribution in [0.2, 0.25) is 0 Å². The van der Waals surface area contributed by atoms with Crippen molar-refractivity contribution in [2.24, 2.45) is 0 Å². The summed E-state index contributed by atoms with van der Waals surface area (Å²) in [5.41, 5.74) is 13.1. The van der Waals surface area contributed by atoms with E-state index in [0.717, 1.165) is 66.7 Å². The van der Waals surface area contributed by atoms with Gasteiger partial charge in [-0.2, -0.15) is 5.26 Å². The van der Waals surface area contributed by atoms with E-state index in [0.29, 0.717) is 5.56 Å². The third kappa shape index (κ3) is 4.57. The lowest BCUT2D eigenvalue weighted by molar-refractivity contribution is 1.39. The quantitative estimate of drug-likeness (QED) is 0.111. The molecule has 4 heteroatoms. The molecule has 0 N–H and O–H groups in total. The zero-order chi connectivity index (χ0) is 33.1. The molecule has 9 rings (SSSR count). The summed E-state index contributed by atoms with van der Waals surface area (Å²) in [7, 11) is 0. The summed E-state index contributed by atoms with van der Waals surface area (Å²) >= 11 is 0. The van der Waals surface area contributed by atoms with Crippen LogP contribution in [-0.2, 0) is 0 Å². The normalized spacial score (nSPS) is 12.5. The second-order valence-electron chi connectivity index (χ2n) is 12.6. The van der Waals surface area contributed by atoms with Crippen molar-refractivity contribution < 1.29 is 0 Å². The minimum absolute atomic E-state index is 0.635. The molecule has 0 aliphatic carbocycles. The van der Waals surface area contributed by atoms with Gasteiger partial charge in [0.05, 0.1) is 45.2 Å². The number of rotatable bonds is 4. The first-order valence-corrected chi connectivity index (χ1v) is 16.4. The summed E-state index contributed by atoms with van der Waals surface area (Å²) in [4.78, 5) is 10.7. The van der Waals surface area contributed by atoms with Crippen LogP contribution in [0.5, 0.6) is 0 Å². The molecule has 1 aliphatic rings. The van der Waals surface area contributed by atoms with Gasteiger partial charge in [0.25, 0.3) is 0 Å². The molecule has 0 saturated heterocycles. The fourth-order valence-corrected chi connectivity index (χ4v) is 7.42. The van der Waals surface area contributed by atoms with Crippen LogP contribution in [-0.4, -0.2) is 21.9 Å². The maximum Gasteiger partial charge on any atom is 0.335 e. The monoisotopic (exact) mass is 625 g/mol. The van der Waals surface area contributed by atoms with Gasteiger partial charge in [0.1, 0.15) is 0 Å². The van der Waals surface area contributed by atoms with Crippen LogP contribution in [0.1, 0.15) is 27.8 Å². The SMILES string of the molecule is Cc1c2c(-c3ccccc3)nc3cc(C4=CC(c5ccc(C#N)cc5)=[N+]=C4)ccc3c2c(C)c2c(-c3ccccc3)nc3ccccc3c12. The van der Waals surface area contributed by atoms with Crippen molar-refractivity contribution in [2.45, 2.75) is 13.8 Å². The molecule has 0 radical (unpaired) electrons. The zero-order valence-electron chi connectivity index (χ0n) is 27.1. The van der Waals surface area contributed by atoms with Crippen LogP contribution in [0.3, 0.4) is 0 Å². The lowest BCUT2D eigenvalue weighted by atomic mass is 9.85. The van der Waals surface area contributed by atoms with E-state index < -0.39 is 0 Å². The van der Waals surface area contributed by atoms with Gasteiger partial charge in [0.2, 0.25) is 0 Å². The molecule has 0 amide bonds. The lowest BCUT2D eigenvalue weighted by Crippen LogP contribution is -2.00. The van der Waals surface area contributed by atoms with Crippen molar-refractivity contribution in [1.29, 1.82) is 5.26 Å². The van der Waals surface area contributed by atoms with Crippen molar-refractivity contribution in [2.75, 3.05) is 0 Å². The Morgan fingerprint density at radius 3 is 1.71 bits per heavy atom. The molecule has 1 aliphatic heterocycles. The van der Waals surface area contributed by atoms with E-state index in [9.17, 15) is 5.26 Å². The van der Waals surface area contributed by atoms with Crippen LogP contribution < -0.4 is 4.67 Å². The van der Waals surface area contributed by atoms with Gasteiger partial charge in [-0.25, -0.2) is 9.97 Å². The summed E-state index contributed by atoms with van der Waals surface area (Å²) in [6.07, 6.45) is 4.02. The number of aryl methyl sites for hydroxylation is 2. The minimum atomic E-state index is 0.635. The van der Waals surface area contributed by atoms with Crippen molar-refractivity contribution in [1.82, 2.24) is 14.6 Å². The highest BCUT2D eigenvalue weighted by atomic mass is 14.7. The largest absolute Gasteiger partial charge is 0.335 e. The number of nitrogens with zero attached hydrogens (tertiary/aromatic N) is 4. The summed E-state index contributed by atoms with van der Waals surface area (Å²) < 4.78 is 4.73. The van der Waals surface area contributed by atoms with E-state index in [1.165, 1.54) is 32.7 Å². The highest BCUT2D eigenvalue weighted by Crippen LogP contribution is 2.45. The molecule has 0 saturated carbocycles. The van der Waals surface area contributed by atoms with Gasteiger partial charge in [0, 0.05) is 38.7 Å².